The van der Waals surface area contributed by atoms with Crippen molar-refractivity contribution < 1.29 is 22.7 Å². The number of hydrogen-bond acceptors (Lipinski definition) is 5. The van der Waals surface area contributed by atoms with Gasteiger partial charge in [-0.25, -0.2) is 18.2 Å². The summed E-state index contributed by atoms with van der Waals surface area (Å²) in [7, 11) is 0. The minimum absolute atomic E-state index is 0.0301. The lowest BCUT2D eigenvalue weighted by molar-refractivity contribution is -0.126. The Hall–Kier alpha value is -1.97. The predicted octanol–water partition coefficient (Wildman–Crippen LogP) is 2.98. The fraction of sp³-hybridized carbons (Fsp3) is 0.375. The van der Waals surface area contributed by atoms with E-state index in [4.69, 9.17) is 10.5 Å². The van der Waals surface area contributed by atoms with Crippen LogP contribution in [-0.2, 0) is 9.53 Å². The summed E-state index contributed by atoms with van der Waals surface area (Å²) in [6.07, 6.45) is 0.474. The molecule has 2 aromatic rings. The van der Waals surface area contributed by atoms with Crippen molar-refractivity contribution in [3.05, 3.63) is 34.5 Å². The Kier molecular flexibility index (Phi) is 5.07. The number of aromatic nitrogens is 1. The number of halogens is 3. The van der Waals surface area contributed by atoms with E-state index in [1.165, 1.54) is 0 Å². The molecule has 1 aromatic heterocycles. The molecule has 0 bridgehead atoms. The Balaban J connectivity index is 1.81. The second-order valence-electron chi connectivity index (χ2n) is 5.72. The molecule has 2 atom stereocenters. The highest BCUT2D eigenvalue weighted by Crippen LogP contribution is 2.34. The van der Waals surface area contributed by atoms with Crippen molar-refractivity contribution >= 4 is 22.4 Å². The molecule has 3 rings (SSSR count). The SMILES string of the molecule is Cc1sc(NC(=O)[C@@H]2CC[C@H](CN)O2)nc1-c1c(F)cc(F)cc1F. The molecule has 2 heterocycles. The zero-order chi connectivity index (χ0) is 18.1. The Morgan fingerprint density at radius 1 is 1.36 bits per heavy atom. The van der Waals surface area contributed by atoms with E-state index in [0.29, 0.717) is 36.4 Å². The molecule has 9 heteroatoms. The van der Waals surface area contributed by atoms with Gasteiger partial charge in [-0.05, 0) is 19.8 Å². The van der Waals surface area contributed by atoms with E-state index < -0.39 is 29.1 Å². The molecular weight excluding hydrogens is 355 g/mol. The first kappa shape index (κ1) is 17.8. The molecule has 134 valence electrons. The molecule has 0 aliphatic carbocycles. The van der Waals surface area contributed by atoms with Crippen molar-refractivity contribution in [2.24, 2.45) is 5.73 Å². The molecule has 0 radical (unpaired) electrons. The van der Waals surface area contributed by atoms with E-state index in [1.807, 2.05) is 0 Å². The van der Waals surface area contributed by atoms with Gasteiger partial charge < -0.3 is 10.5 Å². The summed E-state index contributed by atoms with van der Waals surface area (Å²) >= 11 is 1.07. The van der Waals surface area contributed by atoms with Crippen molar-refractivity contribution in [2.75, 3.05) is 11.9 Å². The molecule has 0 spiro atoms. The number of carbonyl (C=O) groups is 1. The van der Waals surface area contributed by atoms with Crippen LogP contribution in [0, 0.1) is 24.4 Å². The van der Waals surface area contributed by atoms with Crippen LogP contribution in [-0.4, -0.2) is 29.6 Å². The van der Waals surface area contributed by atoms with Crippen LogP contribution in [0.5, 0.6) is 0 Å². The Bertz CT molecular complexity index is 789. The van der Waals surface area contributed by atoms with Gasteiger partial charge in [-0.15, -0.1) is 11.3 Å². The monoisotopic (exact) mass is 371 g/mol. The summed E-state index contributed by atoms with van der Waals surface area (Å²) < 4.78 is 46.4. The lowest BCUT2D eigenvalue weighted by Crippen LogP contribution is -2.29. The number of nitrogens with two attached hydrogens (primary N) is 1. The number of benzene rings is 1. The highest BCUT2D eigenvalue weighted by Gasteiger charge is 2.30. The number of nitrogens with one attached hydrogen (secondary N) is 1. The average molecular weight is 371 g/mol. The van der Waals surface area contributed by atoms with Crippen LogP contribution >= 0.6 is 11.3 Å². The van der Waals surface area contributed by atoms with Gasteiger partial charge >= 0.3 is 0 Å². The lowest BCUT2D eigenvalue weighted by atomic mass is 10.1. The van der Waals surface area contributed by atoms with Crippen molar-refractivity contribution in [2.45, 2.75) is 32.0 Å². The van der Waals surface area contributed by atoms with Gasteiger partial charge in [0.05, 0.1) is 17.4 Å². The maximum absolute atomic E-state index is 13.9. The highest BCUT2D eigenvalue weighted by atomic mass is 32.1. The fourth-order valence-corrected chi connectivity index (χ4v) is 3.53. The maximum Gasteiger partial charge on any atom is 0.255 e. The molecule has 25 heavy (non-hydrogen) atoms. The summed E-state index contributed by atoms with van der Waals surface area (Å²) in [6.45, 7) is 1.95. The number of thiazole rings is 1. The molecule has 3 N–H and O–H groups in total. The average Bonchev–Trinajstić information content (AvgIpc) is 3.14. The Morgan fingerprint density at radius 3 is 2.64 bits per heavy atom. The van der Waals surface area contributed by atoms with Gasteiger partial charge in [0.25, 0.3) is 5.91 Å². The molecule has 1 fully saturated rings. The maximum atomic E-state index is 13.9. The van der Waals surface area contributed by atoms with E-state index >= 15 is 0 Å². The second-order valence-corrected chi connectivity index (χ2v) is 6.92. The van der Waals surface area contributed by atoms with E-state index in [2.05, 4.69) is 10.3 Å². The molecule has 1 saturated heterocycles. The zero-order valence-electron chi connectivity index (χ0n) is 13.3. The van der Waals surface area contributed by atoms with Crippen LogP contribution in [0.25, 0.3) is 11.3 Å². The molecular formula is C16H16F3N3O2S. The minimum atomic E-state index is -1.05. The number of nitrogens with zero attached hydrogens (tertiary/aromatic N) is 1. The number of hydrogen-bond donors (Lipinski definition) is 2. The summed E-state index contributed by atoms with van der Waals surface area (Å²) in [6, 6.07) is 1.18. The third kappa shape index (κ3) is 3.68. The summed E-state index contributed by atoms with van der Waals surface area (Å²) in [5, 5.41) is 2.79. The van der Waals surface area contributed by atoms with Crippen LogP contribution in [0.4, 0.5) is 18.3 Å². The van der Waals surface area contributed by atoms with Gasteiger partial charge in [0.1, 0.15) is 23.6 Å². The highest BCUT2D eigenvalue weighted by molar-refractivity contribution is 7.16. The Morgan fingerprint density at radius 2 is 2.04 bits per heavy atom. The standard InChI is InChI=1S/C16H16F3N3O2S/c1-7-14(13-10(18)4-8(17)5-11(13)19)21-16(25-7)22-15(23)12-3-2-9(6-20)24-12/h4-5,9,12H,2-3,6,20H2,1H3,(H,21,22,23)/t9-,12+/m1/s1. The van der Waals surface area contributed by atoms with Crippen LogP contribution in [0.2, 0.25) is 0 Å². The van der Waals surface area contributed by atoms with Gasteiger partial charge in [-0.3, -0.25) is 10.1 Å². The van der Waals surface area contributed by atoms with Gasteiger partial charge in [-0.1, -0.05) is 0 Å². The largest absolute Gasteiger partial charge is 0.364 e. The predicted molar refractivity (Wildman–Crippen MR) is 87.7 cm³/mol. The molecule has 1 aliphatic rings. The van der Waals surface area contributed by atoms with Crippen LogP contribution in [0.15, 0.2) is 12.1 Å². The molecule has 1 aromatic carbocycles. The van der Waals surface area contributed by atoms with Gasteiger partial charge in [0.2, 0.25) is 0 Å². The molecule has 5 nitrogen and oxygen atoms in total. The van der Waals surface area contributed by atoms with Gasteiger partial charge in [0, 0.05) is 23.6 Å². The molecule has 1 amide bonds. The first-order chi connectivity index (χ1) is 11.9. The first-order valence-corrected chi connectivity index (χ1v) is 8.49. The van der Waals surface area contributed by atoms with Gasteiger partial charge in [0.15, 0.2) is 5.13 Å². The number of carbonyl (C=O) groups excluding carboxylic acids is 1. The van der Waals surface area contributed by atoms with Gasteiger partial charge in [-0.2, -0.15) is 0 Å². The number of aryl methyl sites for hydroxylation is 1. The van der Waals surface area contributed by atoms with Crippen molar-refractivity contribution in [1.82, 2.24) is 4.98 Å². The molecule has 0 unspecified atom stereocenters. The number of ether oxygens (including phenoxy) is 1. The smallest absolute Gasteiger partial charge is 0.255 e. The number of anilines is 1. The van der Waals surface area contributed by atoms with Crippen LogP contribution in [0.1, 0.15) is 17.7 Å². The summed E-state index contributed by atoms with van der Waals surface area (Å²) in [4.78, 5) is 16.8. The van der Waals surface area contributed by atoms with E-state index in [0.717, 1.165) is 11.3 Å². The van der Waals surface area contributed by atoms with Crippen LogP contribution < -0.4 is 11.1 Å². The van der Waals surface area contributed by atoms with E-state index in [-0.39, 0.29) is 22.8 Å². The second kappa shape index (κ2) is 7.11. The topological polar surface area (TPSA) is 77.2 Å². The normalized spacial score (nSPS) is 20.0. The molecule has 1 aliphatic heterocycles. The van der Waals surface area contributed by atoms with Crippen molar-refractivity contribution in [3.8, 4) is 11.3 Å². The lowest BCUT2D eigenvalue weighted by Gasteiger charge is -2.11. The third-order valence-electron chi connectivity index (χ3n) is 3.93. The number of rotatable bonds is 4. The first-order valence-electron chi connectivity index (χ1n) is 7.67. The fourth-order valence-electron chi connectivity index (χ4n) is 2.71. The van der Waals surface area contributed by atoms with Crippen molar-refractivity contribution in [3.63, 3.8) is 0 Å². The van der Waals surface area contributed by atoms with E-state index in [1.54, 1.807) is 6.92 Å². The van der Waals surface area contributed by atoms with Crippen LogP contribution in [0.3, 0.4) is 0 Å². The quantitative estimate of drug-likeness (QED) is 0.866. The van der Waals surface area contributed by atoms with E-state index in [9.17, 15) is 18.0 Å². The summed E-state index contributed by atoms with van der Waals surface area (Å²) in [5.41, 5.74) is 5.12. The number of amides is 1. The summed E-state index contributed by atoms with van der Waals surface area (Å²) in [5.74, 6) is -3.48. The Labute approximate surface area is 146 Å². The van der Waals surface area contributed by atoms with Crippen molar-refractivity contribution in [1.29, 1.82) is 0 Å². The molecule has 0 saturated carbocycles. The third-order valence-corrected chi connectivity index (χ3v) is 4.82. The minimum Gasteiger partial charge on any atom is -0.364 e. The zero-order valence-corrected chi connectivity index (χ0v) is 14.1.